The zero-order valence-corrected chi connectivity index (χ0v) is 13.9. The molecule has 2 saturated heterocycles. The number of ether oxygens (including phenoxy) is 2. The Bertz CT molecular complexity index is 621. The van der Waals surface area contributed by atoms with Crippen LogP contribution in [0.15, 0.2) is 12.4 Å². The van der Waals surface area contributed by atoms with Crippen LogP contribution >= 0.6 is 0 Å². The Morgan fingerprint density at radius 2 is 2.29 bits per heavy atom. The lowest BCUT2D eigenvalue weighted by molar-refractivity contribution is -0.138. The Morgan fingerprint density at radius 3 is 2.96 bits per heavy atom. The topological polar surface area (TPSA) is 93.6 Å². The Labute approximate surface area is 140 Å². The monoisotopic (exact) mass is 334 g/mol. The van der Waals surface area contributed by atoms with Gasteiger partial charge in [0.05, 0.1) is 31.0 Å². The van der Waals surface area contributed by atoms with Crippen molar-refractivity contribution in [3.8, 4) is 5.88 Å². The van der Waals surface area contributed by atoms with E-state index < -0.39 is 5.41 Å². The van der Waals surface area contributed by atoms with Gasteiger partial charge in [0.2, 0.25) is 11.8 Å². The zero-order valence-electron chi connectivity index (χ0n) is 13.9. The van der Waals surface area contributed by atoms with Crippen LogP contribution in [0.1, 0.15) is 23.8 Å². The van der Waals surface area contributed by atoms with E-state index in [1.165, 1.54) is 12.4 Å². The predicted molar refractivity (Wildman–Crippen MR) is 84.5 cm³/mol. The van der Waals surface area contributed by atoms with Crippen molar-refractivity contribution in [2.45, 2.75) is 13.3 Å². The van der Waals surface area contributed by atoms with E-state index in [1.54, 1.807) is 11.9 Å². The number of hydrogen-bond acceptors (Lipinski definition) is 6. The van der Waals surface area contributed by atoms with E-state index in [1.807, 2.05) is 6.92 Å². The van der Waals surface area contributed by atoms with E-state index in [0.717, 1.165) is 0 Å². The fourth-order valence-electron chi connectivity index (χ4n) is 3.54. The number of amides is 2. The van der Waals surface area contributed by atoms with Gasteiger partial charge in [-0.15, -0.1) is 0 Å². The van der Waals surface area contributed by atoms with Crippen molar-refractivity contribution >= 4 is 11.8 Å². The molecule has 0 spiro atoms. The molecule has 130 valence electrons. The fraction of sp³-hybridized carbons (Fsp3) is 0.625. The lowest BCUT2D eigenvalue weighted by atomic mass is 9.73. The molecule has 2 aliphatic heterocycles. The van der Waals surface area contributed by atoms with Crippen molar-refractivity contribution < 1.29 is 19.1 Å². The van der Waals surface area contributed by atoms with Gasteiger partial charge >= 0.3 is 0 Å². The summed E-state index contributed by atoms with van der Waals surface area (Å²) in [5, 5.41) is 2.74. The molecule has 0 saturated carbocycles. The number of carbonyl (C=O) groups excluding carboxylic acids is 2. The summed E-state index contributed by atoms with van der Waals surface area (Å²) >= 11 is 0. The van der Waals surface area contributed by atoms with E-state index in [4.69, 9.17) is 9.47 Å². The normalized spacial score (nSPS) is 25.9. The van der Waals surface area contributed by atoms with Gasteiger partial charge in [-0.25, -0.2) is 9.97 Å². The third-order valence-corrected chi connectivity index (χ3v) is 4.81. The second-order valence-electron chi connectivity index (χ2n) is 6.12. The van der Waals surface area contributed by atoms with Gasteiger partial charge in [0, 0.05) is 32.7 Å². The first-order chi connectivity index (χ1) is 11.6. The number of nitrogens with one attached hydrogen (secondary N) is 1. The molecule has 0 unspecified atom stereocenters. The maximum atomic E-state index is 12.7. The summed E-state index contributed by atoms with van der Waals surface area (Å²) < 4.78 is 10.8. The lowest BCUT2D eigenvalue weighted by Gasteiger charge is -2.36. The molecule has 8 heteroatoms. The van der Waals surface area contributed by atoms with E-state index in [9.17, 15) is 9.59 Å². The van der Waals surface area contributed by atoms with Gasteiger partial charge in [-0.2, -0.15) is 0 Å². The van der Waals surface area contributed by atoms with Crippen molar-refractivity contribution in [1.29, 1.82) is 0 Å². The number of hydrogen-bond donors (Lipinski definition) is 1. The molecule has 0 aliphatic carbocycles. The van der Waals surface area contributed by atoms with Gasteiger partial charge < -0.3 is 19.7 Å². The Kier molecular flexibility index (Phi) is 4.66. The Balaban J connectivity index is 1.78. The van der Waals surface area contributed by atoms with Crippen LogP contribution in [0.3, 0.4) is 0 Å². The highest BCUT2D eigenvalue weighted by molar-refractivity contribution is 5.93. The van der Waals surface area contributed by atoms with Crippen molar-refractivity contribution in [3.63, 3.8) is 0 Å². The summed E-state index contributed by atoms with van der Waals surface area (Å²) in [4.78, 5) is 35.1. The van der Waals surface area contributed by atoms with Crippen molar-refractivity contribution in [3.05, 3.63) is 18.1 Å². The van der Waals surface area contributed by atoms with E-state index >= 15 is 0 Å². The number of nitrogens with zero attached hydrogens (tertiary/aromatic N) is 3. The zero-order chi connectivity index (χ0) is 17.2. The lowest BCUT2D eigenvalue weighted by Crippen LogP contribution is -2.49. The van der Waals surface area contributed by atoms with Crippen molar-refractivity contribution in [2.24, 2.45) is 11.3 Å². The van der Waals surface area contributed by atoms with Crippen LogP contribution in [0.25, 0.3) is 0 Å². The number of rotatable bonds is 4. The minimum atomic E-state index is -0.568. The standard InChI is InChI=1S/C16H22N4O4/c1-3-24-13-7-18-12(6-19-13)14(21)20-8-11-9-23-5-4-16(11,10-20)15(22)17-2/h6-7,11H,3-5,8-10H2,1-2H3,(H,17,22)/t11-,16+/m1/s1. The van der Waals surface area contributed by atoms with Crippen LogP contribution in [0.2, 0.25) is 0 Å². The summed E-state index contributed by atoms with van der Waals surface area (Å²) in [5.41, 5.74) is -0.313. The van der Waals surface area contributed by atoms with Gasteiger partial charge in [0.15, 0.2) is 0 Å². The number of carbonyl (C=O) groups is 2. The molecule has 1 aromatic rings. The average molecular weight is 334 g/mol. The molecule has 1 N–H and O–H groups in total. The molecular formula is C16H22N4O4. The first kappa shape index (κ1) is 16.6. The van der Waals surface area contributed by atoms with E-state index in [-0.39, 0.29) is 23.4 Å². The summed E-state index contributed by atoms with van der Waals surface area (Å²) in [6, 6.07) is 0. The van der Waals surface area contributed by atoms with Crippen LogP contribution in [0.5, 0.6) is 5.88 Å². The molecule has 3 rings (SSSR count). The molecule has 3 heterocycles. The second-order valence-corrected chi connectivity index (χ2v) is 6.12. The molecule has 24 heavy (non-hydrogen) atoms. The van der Waals surface area contributed by atoms with Crippen LogP contribution in [0.4, 0.5) is 0 Å². The molecule has 0 radical (unpaired) electrons. The summed E-state index contributed by atoms with van der Waals surface area (Å²) in [7, 11) is 1.63. The molecule has 0 aromatic carbocycles. The SMILES string of the molecule is CCOc1cnc(C(=O)N2C[C@@H]3COCC[C@]3(C(=O)NC)C2)cn1. The third kappa shape index (κ3) is 2.82. The predicted octanol–water partition coefficient (Wildman–Crippen LogP) is 0.100. The van der Waals surface area contributed by atoms with Crippen LogP contribution in [-0.2, 0) is 9.53 Å². The first-order valence-electron chi connectivity index (χ1n) is 8.14. The smallest absolute Gasteiger partial charge is 0.274 e. The maximum Gasteiger partial charge on any atom is 0.274 e. The number of aromatic nitrogens is 2. The average Bonchev–Trinajstić information content (AvgIpc) is 3.02. The number of likely N-dealkylation sites (tertiary alicyclic amines) is 1. The van der Waals surface area contributed by atoms with Crippen LogP contribution < -0.4 is 10.1 Å². The molecule has 2 fully saturated rings. The Morgan fingerprint density at radius 1 is 1.46 bits per heavy atom. The quantitative estimate of drug-likeness (QED) is 0.839. The van der Waals surface area contributed by atoms with Crippen LogP contribution in [0, 0.1) is 11.3 Å². The van der Waals surface area contributed by atoms with Crippen molar-refractivity contribution in [2.75, 3.05) is 40.0 Å². The molecule has 0 bridgehead atoms. The Hall–Kier alpha value is -2.22. The minimum Gasteiger partial charge on any atom is -0.477 e. The molecular weight excluding hydrogens is 312 g/mol. The molecule has 2 aliphatic rings. The van der Waals surface area contributed by atoms with Gasteiger partial charge in [0.25, 0.3) is 5.91 Å². The van der Waals surface area contributed by atoms with E-state index in [2.05, 4.69) is 15.3 Å². The van der Waals surface area contributed by atoms with Gasteiger partial charge in [0.1, 0.15) is 5.69 Å². The highest BCUT2D eigenvalue weighted by Crippen LogP contribution is 2.42. The fourth-order valence-corrected chi connectivity index (χ4v) is 3.54. The van der Waals surface area contributed by atoms with Gasteiger partial charge in [-0.1, -0.05) is 0 Å². The summed E-state index contributed by atoms with van der Waals surface area (Å²) in [6.45, 7) is 4.24. The third-order valence-electron chi connectivity index (χ3n) is 4.81. The summed E-state index contributed by atoms with van der Waals surface area (Å²) in [5.74, 6) is 0.150. The van der Waals surface area contributed by atoms with Crippen LogP contribution in [-0.4, -0.2) is 66.6 Å². The largest absolute Gasteiger partial charge is 0.477 e. The summed E-state index contributed by atoms with van der Waals surface area (Å²) in [6.07, 6.45) is 3.48. The minimum absolute atomic E-state index is 0.00538. The highest BCUT2D eigenvalue weighted by atomic mass is 16.5. The molecule has 8 nitrogen and oxygen atoms in total. The van der Waals surface area contributed by atoms with Gasteiger partial charge in [-0.3, -0.25) is 9.59 Å². The molecule has 2 amide bonds. The first-order valence-corrected chi connectivity index (χ1v) is 8.14. The van der Waals surface area contributed by atoms with Gasteiger partial charge in [-0.05, 0) is 13.3 Å². The second kappa shape index (κ2) is 6.72. The molecule has 2 atom stereocenters. The highest BCUT2D eigenvalue weighted by Gasteiger charge is 2.54. The van der Waals surface area contributed by atoms with E-state index in [0.29, 0.717) is 45.2 Å². The molecule has 1 aromatic heterocycles. The maximum absolute atomic E-state index is 12.7. The van der Waals surface area contributed by atoms with Crippen molar-refractivity contribution in [1.82, 2.24) is 20.2 Å². The number of fused-ring (bicyclic) bond motifs is 1.